The molecule has 0 saturated carbocycles. The minimum atomic E-state index is 0.508. The van der Waals surface area contributed by atoms with Gasteiger partial charge in [-0.15, -0.1) is 0 Å². The van der Waals surface area contributed by atoms with Crippen molar-refractivity contribution < 1.29 is 0 Å². The topological polar surface area (TPSA) is 61.4 Å². The van der Waals surface area contributed by atoms with E-state index < -0.39 is 0 Å². The van der Waals surface area contributed by atoms with Crippen molar-refractivity contribution >= 4 is 54.9 Å². The lowest BCUT2D eigenvalue weighted by Gasteiger charge is -2.15. The summed E-state index contributed by atoms with van der Waals surface area (Å²) >= 11 is 0. The van der Waals surface area contributed by atoms with E-state index in [-0.39, 0.29) is 0 Å². The minimum absolute atomic E-state index is 0.508. The highest BCUT2D eigenvalue weighted by molar-refractivity contribution is 6.23. The minimum Gasteiger partial charge on any atom is -0.307 e. The third-order valence-corrected chi connectivity index (χ3v) is 8.04. The molecule has 42 heavy (non-hydrogen) atoms. The number of aromatic nitrogens is 6. The Morgan fingerprint density at radius 3 is 1.62 bits per heavy atom. The summed E-state index contributed by atoms with van der Waals surface area (Å²) in [5.74, 6) is 0.720. The molecule has 5 aromatic carbocycles. The molecule has 0 spiro atoms. The maximum Gasteiger partial charge on any atom is 0.199 e. The van der Waals surface area contributed by atoms with Crippen molar-refractivity contribution in [3.05, 3.63) is 134 Å². The van der Waals surface area contributed by atoms with Gasteiger partial charge < -0.3 is 4.57 Å². The molecule has 0 atom stereocenters. The van der Waals surface area contributed by atoms with Crippen LogP contribution in [0.15, 0.2) is 134 Å². The van der Waals surface area contributed by atoms with Crippen molar-refractivity contribution in [1.82, 2.24) is 29.1 Å². The Morgan fingerprint density at radius 2 is 0.952 bits per heavy atom. The summed E-state index contributed by atoms with van der Waals surface area (Å²) < 4.78 is 4.65. The van der Waals surface area contributed by atoms with Gasteiger partial charge in [0, 0.05) is 45.2 Å². The van der Waals surface area contributed by atoms with Crippen molar-refractivity contribution in [1.29, 1.82) is 0 Å². The number of fused-ring (bicyclic) bond motifs is 8. The number of para-hydroxylation sites is 3. The molecule has 4 heterocycles. The molecule has 196 valence electrons. The van der Waals surface area contributed by atoms with Gasteiger partial charge in [-0.3, -0.25) is 4.57 Å². The third kappa shape index (κ3) is 3.20. The Balaban J connectivity index is 1.55. The molecule has 0 fully saturated rings. The highest BCUT2D eigenvalue weighted by atomic mass is 15.1. The summed E-state index contributed by atoms with van der Waals surface area (Å²) in [5.41, 5.74) is 8.26. The second-order valence-electron chi connectivity index (χ2n) is 10.4. The molecule has 4 aromatic heterocycles. The van der Waals surface area contributed by atoms with Gasteiger partial charge in [-0.2, -0.15) is 0 Å². The molecule has 6 nitrogen and oxygen atoms in total. The van der Waals surface area contributed by atoms with E-state index >= 15 is 0 Å². The van der Waals surface area contributed by atoms with Gasteiger partial charge in [0.2, 0.25) is 0 Å². The van der Waals surface area contributed by atoms with Crippen molar-refractivity contribution in [2.75, 3.05) is 0 Å². The van der Waals surface area contributed by atoms with E-state index in [1.54, 1.807) is 12.4 Å². The molecule has 0 bridgehead atoms. The normalized spacial score (nSPS) is 11.8. The van der Waals surface area contributed by atoms with Crippen molar-refractivity contribution in [2.45, 2.75) is 0 Å². The summed E-state index contributed by atoms with van der Waals surface area (Å²) in [4.78, 5) is 19.3. The third-order valence-electron chi connectivity index (χ3n) is 8.04. The first-order valence-electron chi connectivity index (χ1n) is 13.9. The Labute approximate surface area is 240 Å². The van der Waals surface area contributed by atoms with Crippen molar-refractivity contribution in [2.24, 2.45) is 0 Å². The zero-order valence-electron chi connectivity index (χ0n) is 22.4. The van der Waals surface area contributed by atoms with Gasteiger partial charge in [-0.25, -0.2) is 19.9 Å². The van der Waals surface area contributed by atoms with Crippen LogP contribution in [0.5, 0.6) is 0 Å². The van der Waals surface area contributed by atoms with Gasteiger partial charge in [-0.1, -0.05) is 97.1 Å². The zero-order chi connectivity index (χ0) is 27.6. The second kappa shape index (κ2) is 8.81. The molecule has 0 aliphatic carbocycles. The van der Waals surface area contributed by atoms with E-state index in [1.807, 2.05) is 18.2 Å². The molecule has 0 aliphatic rings. The maximum absolute atomic E-state index is 5.18. The Morgan fingerprint density at radius 1 is 0.429 bits per heavy atom. The van der Waals surface area contributed by atoms with Crippen LogP contribution in [0.3, 0.4) is 0 Å². The van der Waals surface area contributed by atoms with E-state index in [9.17, 15) is 0 Å². The van der Waals surface area contributed by atoms with Crippen LogP contribution in [0, 0.1) is 0 Å². The first-order valence-corrected chi connectivity index (χ1v) is 13.9. The van der Waals surface area contributed by atoms with Gasteiger partial charge in [0.05, 0.1) is 22.1 Å². The molecule has 0 amide bonds. The average molecular weight is 539 g/mol. The first kappa shape index (κ1) is 22.9. The van der Waals surface area contributed by atoms with Crippen molar-refractivity contribution in [3.8, 4) is 22.8 Å². The van der Waals surface area contributed by atoms with Crippen LogP contribution in [0.4, 0.5) is 0 Å². The van der Waals surface area contributed by atoms with Gasteiger partial charge in [-0.05, 0) is 24.3 Å². The van der Waals surface area contributed by atoms with E-state index in [0.29, 0.717) is 11.3 Å². The van der Waals surface area contributed by atoms with E-state index in [4.69, 9.17) is 9.97 Å². The van der Waals surface area contributed by atoms with Crippen LogP contribution in [-0.4, -0.2) is 29.1 Å². The number of benzene rings is 5. The lowest BCUT2D eigenvalue weighted by molar-refractivity contribution is 1.05. The van der Waals surface area contributed by atoms with E-state index in [1.165, 1.54) is 10.8 Å². The molecule has 0 radical (unpaired) electrons. The number of nitrogens with zero attached hydrogens (tertiary/aromatic N) is 6. The van der Waals surface area contributed by atoms with Gasteiger partial charge in [0.25, 0.3) is 0 Å². The van der Waals surface area contributed by atoms with Crippen molar-refractivity contribution in [3.63, 3.8) is 0 Å². The molecule has 9 rings (SSSR count). The maximum atomic E-state index is 5.18. The van der Waals surface area contributed by atoms with Crippen LogP contribution in [-0.2, 0) is 0 Å². The molecule has 9 aromatic rings. The van der Waals surface area contributed by atoms with Crippen LogP contribution < -0.4 is 0 Å². The number of hydrogen-bond acceptors (Lipinski definition) is 4. The fraction of sp³-hybridized carbons (Fsp3) is 0. The fourth-order valence-electron chi connectivity index (χ4n) is 6.30. The summed E-state index contributed by atoms with van der Waals surface area (Å²) in [7, 11) is 0. The molecule has 6 heteroatoms. The summed E-state index contributed by atoms with van der Waals surface area (Å²) in [5, 5.41) is 4.69. The number of rotatable bonds is 3. The summed E-state index contributed by atoms with van der Waals surface area (Å²) in [6, 6.07) is 42.4. The smallest absolute Gasteiger partial charge is 0.199 e. The van der Waals surface area contributed by atoms with E-state index in [2.05, 4.69) is 122 Å². The van der Waals surface area contributed by atoms with E-state index in [0.717, 1.165) is 55.6 Å². The monoisotopic (exact) mass is 538 g/mol. The highest BCUT2D eigenvalue weighted by Gasteiger charge is 2.24. The Hall–Kier alpha value is -5.88. The van der Waals surface area contributed by atoms with Gasteiger partial charge in [0.1, 0.15) is 5.69 Å². The number of hydrogen-bond donors (Lipinski definition) is 0. The average Bonchev–Trinajstić information content (AvgIpc) is 3.58. The predicted octanol–water partition coefficient (Wildman–Crippen LogP) is 8.28. The first-order chi connectivity index (χ1) is 20.9. The van der Waals surface area contributed by atoms with Crippen LogP contribution in [0.2, 0.25) is 0 Å². The Bertz CT molecular complexity index is 2460. The van der Waals surface area contributed by atoms with Crippen LogP contribution in [0.1, 0.15) is 0 Å². The fourth-order valence-corrected chi connectivity index (χ4v) is 6.30. The SMILES string of the molecule is c1ccc(-c2nc3nccnc3nc2-n2c3ccccc3c3ccc4c5ccccc5n(-c5ccccc5)c4c32)cc1. The molecular weight excluding hydrogens is 516 g/mol. The Kier molecular flexibility index (Phi) is 4.80. The van der Waals surface area contributed by atoms with Crippen LogP contribution in [0.25, 0.3) is 77.7 Å². The van der Waals surface area contributed by atoms with Crippen LogP contribution >= 0.6 is 0 Å². The molecule has 0 unspecified atom stereocenters. The standard InChI is InChI=1S/C36H22N6/c1-3-11-23(12-4-1)31-36(40-35-34(39-31)37-21-22-38-35)42-30-18-10-8-16-26(30)28-20-19-27-25-15-7-9-17-29(25)41(32(27)33(28)42)24-13-5-2-6-14-24/h1-22H. The second-order valence-corrected chi connectivity index (χ2v) is 10.4. The summed E-state index contributed by atoms with van der Waals surface area (Å²) in [6.45, 7) is 0. The molecule has 0 N–H and O–H groups in total. The molecule has 0 saturated heterocycles. The van der Waals surface area contributed by atoms with Gasteiger partial charge >= 0.3 is 0 Å². The quantitative estimate of drug-likeness (QED) is 0.227. The molecular formula is C36H22N6. The van der Waals surface area contributed by atoms with Gasteiger partial charge in [0.15, 0.2) is 17.1 Å². The zero-order valence-corrected chi connectivity index (χ0v) is 22.4. The molecule has 0 aliphatic heterocycles. The highest BCUT2D eigenvalue weighted by Crippen LogP contribution is 2.42. The summed E-state index contributed by atoms with van der Waals surface area (Å²) in [6.07, 6.45) is 3.33. The lowest BCUT2D eigenvalue weighted by Crippen LogP contribution is -2.06. The lowest BCUT2D eigenvalue weighted by atomic mass is 10.1. The predicted molar refractivity (Wildman–Crippen MR) is 169 cm³/mol. The largest absolute Gasteiger partial charge is 0.307 e.